The van der Waals surface area contributed by atoms with E-state index >= 15 is 0 Å². The SMILES string of the molecule is COc1cccc(CN(C(=O)Cc2ccccc2)[C@@H](C)C(=O)NCC(C)C)c1. The van der Waals surface area contributed by atoms with Crippen LogP contribution in [0.1, 0.15) is 31.9 Å². The maximum absolute atomic E-state index is 13.1. The van der Waals surface area contributed by atoms with Gasteiger partial charge in [-0.3, -0.25) is 9.59 Å². The molecule has 0 fully saturated rings. The molecule has 2 rings (SSSR count). The first-order valence-electron chi connectivity index (χ1n) is 9.64. The minimum Gasteiger partial charge on any atom is -0.497 e. The van der Waals surface area contributed by atoms with Crippen LogP contribution in [0.2, 0.25) is 0 Å². The van der Waals surface area contributed by atoms with E-state index in [0.717, 1.165) is 16.9 Å². The highest BCUT2D eigenvalue weighted by Gasteiger charge is 2.26. The quantitative estimate of drug-likeness (QED) is 0.723. The lowest BCUT2D eigenvalue weighted by Gasteiger charge is -2.29. The molecule has 0 saturated heterocycles. The highest BCUT2D eigenvalue weighted by atomic mass is 16.5. The summed E-state index contributed by atoms with van der Waals surface area (Å²) in [4.78, 5) is 27.3. The predicted octanol–water partition coefficient (Wildman–Crippen LogP) is 3.43. The molecular weight excluding hydrogens is 352 g/mol. The average molecular weight is 383 g/mol. The molecule has 2 aromatic rings. The summed E-state index contributed by atoms with van der Waals surface area (Å²) >= 11 is 0. The Morgan fingerprint density at radius 3 is 2.32 bits per heavy atom. The Morgan fingerprint density at radius 1 is 1.00 bits per heavy atom. The maximum Gasteiger partial charge on any atom is 0.242 e. The summed E-state index contributed by atoms with van der Waals surface area (Å²) in [5.41, 5.74) is 1.85. The fourth-order valence-corrected chi connectivity index (χ4v) is 2.87. The zero-order chi connectivity index (χ0) is 20.5. The van der Waals surface area contributed by atoms with E-state index < -0.39 is 6.04 Å². The van der Waals surface area contributed by atoms with Crippen LogP contribution in [0.15, 0.2) is 54.6 Å². The number of hydrogen-bond acceptors (Lipinski definition) is 3. The normalized spacial score (nSPS) is 11.8. The molecule has 0 saturated carbocycles. The summed E-state index contributed by atoms with van der Waals surface area (Å²) in [6.07, 6.45) is 0.257. The van der Waals surface area contributed by atoms with Gasteiger partial charge in [-0.1, -0.05) is 56.3 Å². The van der Waals surface area contributed by atoms with Crippen molar-refractivity contribution in [2.24, 2.45) is 5.92 Å². The number of hydrogen-bond donors (Lipinski definition) is 1. The van der Waals surface area contributed by atoms with Crippen LogP contribution in [0.3, 0.4) is 0 Å². The third kappa shape index (κ3) is 6.41. The van der Waals surface area contributed by atoms with Gasteiger partial charge >= 0.3 is 0 Å². The first kappa shape index (κ1) is 21.5. The number of nitrogens with zero attached hydrogens (tertiary/aromatic N) is 1. The molecule has 2 aromatic carbocycles. The zero-order valence-electron chi connectivity index (χ0n) is 17.1. The van der Waals surface area contributed by atoms with Gasteiger partial charge in [0.05, 0.1) is 13.5 Å². The minimum atomic E-state index is -0.568. The lowest BCUT2D eigenvalue weighted by atomic mass is 10.1. The van der Waals surface area contributed by atoms with Gasteiger partial charge in [0.15, 0.2) is 0 Å². The number of methoxy groups -OCH3 is 1. The Balaban J connectivity index is 2.20. The third-order valence-electron chi connectivity index (χ3n) is 4.54. The van der Waals surface area contributed by atoms with Crippen LogP contribution in [0.4, 0.5) is 0 Å². The van der Waals surface area contributed by atoms with Crippen molar-refractivity contribution in [1.29, 1.82) is 0 Å². The van der Waals surface area contributed by atoms with Crippen molar-refractivity contribution in [1.82, 2.24) is 10.2 Å². The molecule has 0 aliphatic carbocycles. The largest absolute Gasteiger partial charge is 0.497 e. The topological polar surface area (TPSA) is 58.6 Å². The van der Waals surface area contributed by atoms with Crippen LogP contribution in [0.25, 0.3) is 0 Å². The van der Waals surface area contributed by atoms with Gasteiger partial charge in [0.25, 0.3) is 0 Å². The molecule has 0 radical (unpaired) electrons. The van der Waals surface area contributed by atoms with E-state index in [-0.39, 0.29) is 18.2 Å². The van der Waals surface area contributed by atoms with Gasteiger partial charge in [-0.15, -0.1) is 0 Å². The standard InChI is InChI=1S/C23H30N2O3/c1-17(2)15-24-23(27)18(3)25(16-20-11-8-12-21(13-20)28-4)22(26)14-19-9-6-5-7-10-19/h5-13,17-18H,14-16H2,1-4H3,(H,24,27)/t18-/m0/s1. The predicted molar refractivity (Wildman–Crippen MR) is 111 cm³/mol. The highest BCUT2D eigenvalue weighted by Crippen LogP contribution is 2.17. The summed E-state index contributed by atoms with van der Waals surface area (Å²) in [5, 5.41) is 2.93. The van der Waals surface area contributed by atoms with Gasteiger partial charge in [-0.25, -0.2) is 0 Å². The van der Waals surface area contributed by atoms with Crippen molar-refractivity contribution >= 4 is 11.8 Å². The number of rotatable bonds is 9. The van der Waals surface area contributed by atoms with Crippen LogP contribution in [0, 0.1) is 5.92 Å². The number of ether oxygens (including phenoxy) is 1. The van der Waals surface area contributed by atoms with E-state index in [1.807, 2.05) is 68.4 Å². The second kappa shape index (κ2) is 10.5. The highest BCUT2D eigenvalue weighted by molar-refractivity contribution is 5.88. The van der Waals surface area contributed by atoms with Crippen molar-refractivity contribution in [2.45, 2.75) is 39.8 Å². The molecule has 2 amide bonds. The van der Waals surface area contributed by atoms with Crippen LogP contribution in [-0.2, 0) is 22.6 Å². The third-order valence-corrected chi connectivity index (χ3v) is 4.54. The lowest BCUT2D eigenvalue weighted by molar-refractivity contribution is -0.140. The monoisotopic (exact) mass is 382 g/mol. The lowest BCUT2D eigenvalue weighted by Crippen LogP contribution is -2.48. The molecule has 1 N–H and O–H groups in total. The first-order chi connectivity index (χ1) is 13.4. The van der Waals surface area contributed by atoms with E-state index in [1.165, 1.54) is 0 Å². The summed E-state index contributed by atoms with van der Waals surface area (Å²) in [6.45, 7) is 6.79. The summed E-state index contributed by atoms with van der Waals surface area (Å²) in [6, 6.07) is 16.6. The number of carbonyl (C=O) groups excluding carboxylic acids is 2. The van der Waals surface area contributed by atoms with Gasteiger partial charge in [0, 0.05) is 13.1 Å². The molecule has 5 heteroatoms. The zero-order valence-corrected chi connectivity index (χ0v) is 17.1. The van der Waals surface area contributed by atoms with E-state index in [4.69, 9.17) is 4.74 Å². The van der Waals surface area contributed by atoms with Gasteiger partial charge in [-0.2, -0.15) is 0 Å². The van der Waals surface area contributed by atoms with Gasteiger partial charge in [0.2, 0.25) is 11.8 Å². The van der Waals surface area contributed by atoms with E-state index in [9.17, 15) is 9.59 Å². The smallest absolute Gasteiger partial charge is 0.242 e. The van der Waals surface area contributed by atoms with Gasteiger partial charge in [0.1, 0.15) is 11.8 Å². The molecule has 0 aromatic heterocycles. The molecule has 0 unspecified atom stereocenters. The Kier molecular flexibility index (Phi) is 8.05. The fourth-order valence-electron chi connectivity index (χ4n) is 2.87. The van der Waals surface area contributed by atoms with Crippen LogP contribution < -0.4 is 10.1 Å². The van der Waals surface area contributed by atoms with E-state index in [2.05, 4.69) is 5.32 Å². The summed E-state index contributed by atoms with van der Waals surface area (Å²) in [5.74, 6) is 0.854. The van der Waals surface area contributed by atoms with E-state index in [0.29, 0.717) is 19.0 Å². The Labute approximate surface area is 167 Å². The second-order valence-electron chi connectivity index (χ2n) is 7.35. The van der Waals surface area contributed by atoms with Crippen LogP contribution in [0.5, 0.6) is 5.75 Å². The van der Waals surface area contributed by atoms with Crippen molar-refractivity contribution in [3.63, 3.8) is 0 Å². The van der Waals surface area contributed by atoms with Crippen LogP contribution in [-0.4, -0.2) is 36.4 Å². The number of carbonyl (C=O) groups is 2. The molecule has 0 spiro atoms. The van der Waals surface area contributed by atoms with Crippen molar-refractivity contribution < 1.29 is 14.3 Å². The number of nitrogens with one attached hydrogen (secondary N) is 1. The number of amides is 2. The molecular formula is C23H30N2O3. The minimum absolute atomic E-state index is 0.0822. The van der Waals surface area contributed by atoms with E-state index in [1.54, 1.807) is 18.9 Å². The molecule has 0 heterocycles. The van der Waals surface area contributed by atoms with Gasteiger partial charge < -0.3 is 15.0 Å². The molecule has 5 nitrogen and oxygen atoms in total. The average Bonchev–Trinajstić information content (AvgIpc) is 2.70. The molecule has 0 bridgehead atoms. The van der Waals surface area contributed by atoms with Crippen molar-refractivity contribution in [2.75, 3.05) is 13.7 Å². The van der Waals surface area contributed by atoms with Crippen molar-refractivity contribution in [3.8, 4) is 5.75 Å². The molecule has 0 aliphatic heterocycles. The summed E-state index contributed by atoms with van der Waals surface area (Å²) < 4.78 is 5.28. The van der Waals surface area contributed by atoms with Gasteiger partial charge in [-0.05, 0) is 36.1 Å². The molecule has 0 aliphatic rings. The Morgan fingerprint density at radius 2 is 1.68 bits per heavy atom. The first-order valence-corrected chi connectivity index (χ1v) is 9.64. The van der Waals surface area contributed by atoms with Crippen LogP contribution >= 0.6 is 0 Å². The number of benzene rings is 2. The van der Waals surface area contributed by atoms with Crippen molar-refractivity contribution in [3.05, 3.63) is 65.7 Å². The maximum atomic E-state index is 13.1. The summed E-state index contributed by atoms with van der Waals surface area (Å²) in [7, 11) is 1.61. The molecule has 28 heavy (non-hydrogen) atoms. The second-order valence-corrected chi connectivity index (χ2v) is 7.35. The molecule has 1 atom stereocenters. The molecule has 150 valence electrons. The Bertz CT molecular complexity index is 774. The fraction of sp³-hybridized carbons (Fsp3) is 0.391. The Hall–Kier alpha value is -2.82.